The molecule has 1 amide bonds. The van der Waals surface area contributed by atoms with Crippen LogP contribution in [0.2, 0.25) is 0 Å². The minimum absolute atomic E-state index is 0.146. The lowest BCUT2D eigenvalue weighted by atomic mass is 9.93. The van der Waals surface area contributed by atoms with E-state index in [1.165, 1.54) is 0 Å². The number of hydrogen-bond acceptors (Lipinski definition) is 7. The highest BCUT2D eigenvalue weighted by Crippen LogP contribution is 2.45. The second-order valence-corrected chi connectivity index (χ2v) is 4.72. The number of nitrogens with zero attached hydrogens (tertiary/aromatic N) is 1. The molecule has 1 aromatic carbocycles. The lowest BCUT2D eigenvalue weighted by Gasteiger charge is -2.16. The summed E-state index contributed by atoms with van der Waals surface area (Å²) in [5, 5.41) is 3.81. The van der Waals surface area contributed by atoms with Crippen molar-refractivity contribution in [2.75, 3.05) is 13.9 Å². The van der Waals surface area contributed by atoms with E-state index in [0.29, 0.717) is 17.2 Å². The van der Waals surface area contributed by atoms with Gasteiger partial charge in [-0.05, 0) is 12.1 Å². The first kappa shape index (κ1) is 13.5. The van der Waals surface area contributed by atoms with Crippen molar-refractivity contribution in [1.82, 2.24) is 5.43 Å². The van der Waals surface area contributed by atoms with Gasteiger partial charge in [-0.15, -0.1) is 0 Å². The molecule has 0 fully saturated rings. The highest BCUT2D eigenvalue weighted by atomic mass is 16.7. The molecule has 21 heavy (non-hydrogen) atoms. The van der Waals surface area contributed by atoms with Crippen molar-refractivity contribution in [3.05, 3.63) is 17.7 Å². The van der Waals surface area contributed by atoms with Crippen molar-refractivity contribution < 1.29 is 23.8 Å². The SMILES string of the molecule is COc1cc([C@@H]2ON=C(C(=O)NN)[C@@H]2C)cc2c1OCO2. The van der Waals surface area contributed by atoms with E-state index in [-0.39, 0.29) is 18.4 Å². The molecular weight excluding hydrogens is 278 g/mol. The Hall–Kier alpha value is -2.48. The first-order chi connectivity index (χ1) is 10.2. The molecule has 0 saturated carbocycles. The second-order valence-electron chi connectivity index (χ2n) is 4.72. The van der Waals surface area contributed by atoms with Gasteiger partial charge in [0.1, 0.15) is 0 Å². The average molecular weight is 293 g/mol. The molecule has 0 unspecified atom stereocenters. The lowest BCUT2D eigenvalue weighted by molar-refractivity contribution is -0.115. The molecule has 2 heterocycles. The van der Waals surface area contributed by atoms with Crippen LogP contribution in [-0.4, -0.2) is 25.5 Å². The third kappa shape index (κ3) is 2.13. The summed E-state index contributed by atoms with van der Waals surface area (Å²) in [7, 11) is 1.55. The van der Waals surface area contributed by atoms with Crippen LogP contribution in [0.25, 0.3) is 0 Å². The van der Waals surface area contributed by atoms with Crippen molar-refractivity contribution in [3.63, 3.8) is 0 Å². The topological polar surface area (TPSA) is 104 Å². The highest BCUT2D eigenvalue weighted by molar-refractivity contribution is 6.39. The van der Waals surface area contributed by atoms with E-state index in [1.54, 1.807) is 19.2 Å². The average Bonchev–Trinajstić information content (AvgIpc) is 3.11. The number of hydrogen-bond donors (Lipinski definition) is 2. The Morgan fingerprint density at radius 1 is 1.48 bits per heavy atom. The number of methoxy groups -OCH3 is 1. The van der Waals surface area contributed by atoms with E-state index in [2.05, 4.69) is 10.6 Å². The Kier molecular flexibility index (Phi) is 3.30. The smallest absolute Gasteiger partial charge is 0.283 e. The number of ether oxygens (including phenoxy) is 3. The molecule has 112 valence electrons. The number of benzene rings is 1. The minimum atomic E-state index is -0.460. The summed E-state index contributed by atoms with van der Waals surface area (Å²) in [6.07, 6.45) is -0.416. The monoisotopic (exact) mass is 293 g/mol. The maximum Gasteiger partial charge on any atom is 0.283 e. The van der Waals surface area contributed by atoms with Crippen molar-refractivity contribution in [2.24, 2.45) is 16.9 Å². The second kappa shape index (κ2) is 5.13. The van der Waals surface area contributed by atoms with E-state index in [0.717, 1.165) is 5.56 Å². The largest absolute Gasteiger partial charge is 0.493 e. The summed E-state index contributed by atoms with van der Waals surface area (Å²) in [5.41, 5.74) is 3.09. The fourth-order valence-corrected chi connectivity index (χ4v) is 2.42. The van der Waals surface area contributed by atoms with Crippen LogP contribution >= 0.6 is 0 Å². The zero-order valence-corrected chi connectivity index (χ0v) is 11.6. The van der Waals surface area contributed by atoms with Gasteiger partial charge >= 0.3 is 0 Å². The quantitative estimate of drug-likeness (QED) is 0.477. The summed E-state index contributed by atoms with van der Waals surface area (Å²) in [5.74, 6) is 6.11. The van der Waals surface area contributed by atoms with Gasteiger partial charge in [-0.3, -0.25) is 10.2 Å². The van der Waals surface area contributed by atoms with Gasteiger partial charge in [0.25, 0.3) is 5.91 Å². The molecule has 3 rings (SSSR count). The molecule has 8 nitrogen and oxygen atoms in total. The zero-order chi connectivity index (χ0) is 15.0. The number of carbonyl (C=O) groups is 1. The lowest BCUT2D eigenvalue weighted by Crippen LogP contribution is -2.38. The minimum Gasteiger partial charge on any atom is -0.493 e. The molecule has 2 aliphatic heterocycles. The summed E-state index contributed by atoms with van der Waals surface area (Å²) in [6, 6.07) is 3.58. The van der Waals surface area contributed by atoms with Gasteiger partial charge in [0.15, 0.2) is 23.3 Å². The van der Waals surface area contributed by atoms with Gasteiger partial charge in [0.2, 0.25) is 12.5 Å². The van der Waals surface area contributed by atoms with Gasteiger partial charge in [-0.2, -0.15) is 0 Å². The van der Waals surface area contributed by atoms with Crippen LogP contribution < -0.4 is 25.5 Å². The molecule has 1 aromatic rings. The maximum absolute atomic E-state index is 11.6. The van der Waals surface area contributed by atoms with E-state index in [9.17, 15) is 4.79 Å². The van der Waals surface area contributed by atoms with E-state index in [4.69, 9.17) is 24.9 Å². The number of rotatable bonds is 3. The van der Waals surface area contributed by atoms with Crippen molar-refractivity contribution >= 4 is 11.6 Å². The summed E-state index contributed by atoms with van der Waals surface area (Å²) in [4.78, 5) is 17.0. The van der Waals surface area contributed by atoms with Gasteiger partial charge in [-0.25, -0.2) is 5.84 Å². The Morgan fingerprint density at radius 3 is 3.00 bits per heavy atom. The zero-order valence-electron chi connectivity index (χ0n) is 11.6. The molecular formula is C13H15N3O5. The molecule has 0 aromatic heterocycles. The van der Waals surface area contributed by atoms with E-state index in [1.807, 2.05) is 6.92 Å². The van der Waals surface area contributed by atoms with Crippen LogP contribution in [0.4, 0.5) is 0 Å². The van der Waals surface area contributed by atoms with Crippen molar-refractivity contribution in [2.45, 2.75) is 13.0 Å². The summed E-state index contributed by atoms with van der Waals surface area (Å²) >= 11 is 0. The van der Waals surface area contributed by atoms with E-state index < -0.39 is 12.0 Å². The number of nitrogens with one attached hydrogen (secondary N) is 1. The number of nitrogens with two attached hydrogens (primary N) is 1. The fraction of sp³-hybridized carbons (Fsp3) is 0.385. The predicted octanol–water partition coefficient (Wildman–Crippen LogP) is 0.477. The Bertz CT molecular complexity index is 616. The Morgan fingerprint density at radius 2 is 2.29 bits per heavy atom. The standard InChI is InChI=1S/C13H15N3O5/c1-6-10(13(17)15-14)16-21-11(6)7-3-8(18-2)12-9(4-7)19-5-20-12/h3-4,6,11H,5,14H2,1-2H3,(H,15,17)/t6-,11+/m0/s1. The van der Waals surface area contributed by atoms with E-state index >= 15 is 0 Å². The number of oxime groups is 1. The fourth-order valence-electron chi connectivity index (χ4n) is 2.42. The van der Waals surface area contributed by atoms with Gasteiger partial charge in [0, 0.05) is 5.56 Å². The molecule has 3 N–H and O–H groups in total. The number of amides is 1. The molecule has 0 radical (unpaired) electrons. The predicted molar refractivity (Wildman–Crippen MR) is 71.9 cm³/mol. The van der Waals surface area contributed by atoms with Crippen molar-refractivity contribution in [1.29, 1.82) is 0 Å². The number of hydrazine groups is 1. The first-order valence-electron chi connectivity index (χ1n) is 6.38. The third-order valence-corrected chi connectivity index (χ3v) is 3.52. The molecule has 0 saturated heterocycles. The third-order valence-electron chi connectivity index (χ3n) is 3.52. The van der Waals surface area contributed by atoms with Crippen LogP contribution in [0.3, 0.4) is 0 Å². The van der Waals surface area contributed by atoms with Crippen LogP contribution in [0, 0.1) is 5.92 Å². The molecule has 2 aliphatic rings. The molecule has 0 aliphatic carbocycles. The van der Waals surface area contributed by atoms with Gasteiger partial charge < -0.3 is 19.0 Å². The molecule has 8 heteroatoms. The molecule has 0 spiro atoms. The van der Waals surface area contributed by atoms with Crippen LogP contribution in [0.1, 0.15) is 18.6 Å². The molecule has 0 bridgehead atoms. The van der Waals surface area contributed by atoms with Gasteiger partial charge in [-0.1, -0.05) is 12.1 Å². The summed E-state index contributed by atoms with van der Waals surface area (Å²) < 4.78 is 16.0. The highest BCUT2D eigenvalue weighted by Gasteiger charge is 2.37. The van der Waals surface area contributed by atoms with Gasteiger partial charge in [0.05, 0.1) is 13.0 Å². The first-order valence-corrected chi connectivity index (χ1v) is 6.38. The summed E-state index contributed by atoms with van der Waals surface area (Å²) in [6.45, 7) is 1.98. The maximum atomic E-state index is 11.6. The molecule has 2 atom stereocenters. The van der Waals surface area contributed by atoms with Crippen LogP contribution in [0.15, 0.2) is 17.3 Å². The van der Waals surface area contributed by atoms with Crippen molar-refractivity contribution in [3.8, 4) is 17.2 Å². The number of carbonyl (C=O) groups excluding carboxylic acids is 1. The Labute approximate surface area is 120 Å². The van der Waals surface area contributed by atoms with Crippen LogP contribution in [0.5, 0.6) is 17.2 Å². The van der Waals surface area contributed by atoms with Crippen LogP contribution in [-0.2, 0) is 9.63 Å². The normalized spacial score (nSPS) is 22.5. The Balaban J connectivity index is 1.91. The number of fused-ring (bicyclic) bond motifs is 1.